The van der Waals surface area contributed by atoms with Gasteiger partial charge in [-0.15, -0.1) is 0 Å². The molecule has 1 aromatic carbocycles. The Balaban J connectivity index is 2.42. The standard InChI is InChI=1S/C24H29NO3/c1-23(2,3)17-12-15(13-18(21(17)28-7)24(4,5)6)16-14-25-11-9-8-10-19(25)20(16)22(26)27/h8-14H,1-7H3,(H,26,27). The van der Waals surface area contributed by atoms with Crippen LogP contribution in [-0.2, 0) is 10.8 Å². The van der Waals surface area contributed by atoms with E-state index in [0.717, 1.165) is 28.0 Å². The van der Waals surface area contributed by atoms with Crippen molar-refractivity contribution in [3.8, 4) is 16.9 Å². The van der Waals surface area contributed by atoms with Crippen molar-refractivity contribution < 1.29 is 14.6 Å². The number of nitrogens with zero attached hydrogens (tertiary/aromatic N) is 1. The molecule has 3 aromatic rings. The molecule has 0 aliphatic rings. The molecular formula is C24H29NO3. The van der Waals surface area contributed by atoms with Crippen LogP contribution in [-0.4, -0.2) is 22.6 Å². The van der Waals surface area contributed by atoms with Crippen molar-refractivity contribution in [2.45, 2.75) is 52.4 Å². The average molecular weight is 380 g/mol. The van der Waals surface area contributed by atoms with E-state index in [1.807, 2.05) is 35.0 Å². The van der Waals surface area contributed by atoms with Crippen molar-refractivity contribution in [1.82, 2.24) is 4.40 Å². The Morgan fingerprint density at radius 1 is 1.00 bits per heavy atom. The maximum atomic E-state index is 12.1. The zero-order valence-corrected chi connectivity index (χ0v) is 17.8. The van der Waals surface area contributed by atoms with Gasteiger partial charge in [0.25, 0.3) is 0 Å². The Kier molecular flexibility index (Phi) is 4.78. The number of benzene rings is 1. The molecule has 0 aliphatic carbocycles. The van der Waals surface area contributed by atoms with Crippen molar-refractivity contribution in [3.63, 3.8) is 0 Å². The lowest BCUT2D eigenvalue weighted by Crippen LogP contribution is -2.19. The first-order valence-electron chi connectivity index (χ1n) is 9.51. The minimum atomic E-state index is -0.922. The molecule has 4 nitrogen and oxygen atoms in total. The molecule has 0 radical (unpaired) electrons. The van der Waals surface area contributed by atoms with Gasteiger partial charge in [-0.05, 0) is 40.7 Å². The molecule has 4 heteroatoms. The van der Waals surface area contributed by atoms with E-state index in [1.54, 1.807) is 7.11 Å². The highest BCUT2D eigenvalue weighted by Gasteiger charge is 2.29. The molecule has 0 saturated heterocycles. The van der Waals surface area contributed by atoms with Crippen molar-refractivity contribution in [2.24, 2.45) is 0 Å². The number of rotatable bonds is 3. The fourth-order valence-electron chi connectivity index (χ4n) is 3.68. The van der Waals surface area contributed by atoms with Gasteiger partial charge in [-0.1, -0.05) is 47.6 Å². The molecule has 0 fully saturated rings. The Bertz CT molecular complexity index is 1010. The van der Waals surface area contributed by atoms with Crippen LogP contribution >= 0.6 is 0 Å². The lowest BCUT2D eigenvalue weighted by atomic mass is 9.77. The predicted molar refractivity (Wildman–Crippen MR) is 114 cm³/mol. The number of carboxylic acid groups (broad SMARTS) is 1. The van der Waals surface area contributed by atoms with Gasteiger partial charge in [0, 0.05) is 29.1 Å². The summed E-state index contributed by atoms with van der Waals surface area (Å²) in [7, 11) is 1.70. The maximum Gasteiger partial charge on any atom is 0.338 e. The molecule has 28 heavy (non-hydrogen) atoms. The first-order valence-corrected chi connectivity index (χ1v) is 9.51. The van der Waals surface area contributed by atoms with Gasteiger partial charge in [0.2, 0.25) is 0 Å². The van der Waals surface area contributed by atoms with Gasteiger partial charge in [0.1, 0.15) is 5.75 Å². The van der Waals surface area contributed by atoms with Gasteiger partial charge in [-0.3, -0.25) is 0 Å². The van der Waals surface area contributed by atoms with E-state index in [1.165, 1.54) is 0 Å². The van der Waals surface area contributed by atoms with E-state index in [0.29, 0.717) is 11.1 Å². The zero-order chi connectivity index (χ0) is 20.9. The van der Waals surface area contributed by atoms with E-state index in [2.05, 4.69) is 53.7 Å². The van der Waals surface area contributed by atoms with Crippen LogP contribution in [0.15, 0.2) is 42.7 Å². The summed E-state index contributed by atoms with van der Waals surface area (Å²) in [5.74, 6) is -0.0430. The molecule has 3 rings (SSSR count). The molecule has 0 spiro atoms. The third-order valence-electron chi connectivity index (χ3n) is 5.12. The van der Waals surface area contributed by atoms with Gasteiger partial charge < -0.3 is 14.2 Å². The lowest BCUT2D eigenvalue weighted by Gasteiger charge is -2.30. The number of hydrogen-bond acceptors (Lipinski definition) is 2. The Hall–Kier alpha value is -2.75. The summed E-state index contributed by atoms with van der Waals surface area (Å²) < 4.78 is 7.71. The van der Waals surface area contributed by atoms with Crippen molar-refractivity contribution in [2.75, 3.05) is 7.11 Å². The summed E-state index contributed by atoms with van der Waals surface area (Å²) in [4.78, 5) is 12.1. The summed E-state index contributed by atoms with van der Waals surface area (Å²) in [5, 5.41) is 9.93. The van der Waals surface area contributed by atoms with Gasteiger partial charge in [-0.2, -0.15) is 0 Å². The summed E-state index contributed by atoms with van der Waals surface area (Å²) in [6, 6.07) is 9.76. The number of carbonyl (C=O) groups is 1. The van der Waals surface area contributed by atoms with Crippen LogP contribution in [0.1, 0.15) is 63.0 Å². The highest BCUT2D eigenvalue weighted by atomic mass is 16.5. The Morgan fingerprint density at radius 2 is 1.57 bits per heavy atom. The summed E-state index contributed by atoms with van der Waals surface area (Å²) in [6.45, 7) is 12.9. The second kappa shape index (κ2) is 6.69. The summed E-state index contributed by atoms with van der Waals surface area (Å²) in [6.07, 6.45) is 3.78. The van der Waals surface area contributed by atoms with Crippen LogP contribution in [0.25, 0.3) is 16.6 Å². The van der Waals surface area contributed by atoms with Crippen molar-refractivity contribution in [3.05, 3.63) is 59.4 Å². The van der Waals surface area contributed by atoms with Gasteiger partial charge in [0.05, 0.1) is 18.2 Å². The fourth-order valence-corrected chi connectivity index (χ4v) is 3.68. The van der Waals surface area contributed by atoms with E-state index < -0.39 is 5.97 Å². The van der Waals surface area contributed by atoms with Gasteiger partial charge in [0.15, 0.2) is 0 Å². The van der Waals surface area contributed by atoms with Crippen molar-refractivity contribution >= 4 is 11.5 Å². The molecule has 0 atom stereocenters. The predicted octanol–water partition coefficient (Wildman–Crippen LogP) is 5.91. The van der Waals surface area contributed by atoms with Gasteiger partial charge >= 0.3 is 5.97 Å². The SMILES string of the molecule is COc1c(C(C)(C)C)cc(-c2cn3ccccc3c2C(=O)O)cc1C(C)(C)C. The van der Waals surface area contributed by atoms with Gasteiger partial charge in [-0.25, -0.2) is 4.79 Å². The molecule has 2 aromatic heterocycles. The Morgan fingerprint density at radius 3 is 2.04 bits per heavy atom. The maximum absolute atomic E-state index is 12.1. The number of hydrogen-bond donors (Lipinski definition) is 1. The third-order valence-corrected chi connectivity index (χ3v) is 5.12. The number of carboxylic acids is 1. The molecular weight excluding hydrogens is 350 g/mol. The van der Waals surface area contributed by atoms with Crippen LogP contribution in [0, 0.1) is 0 Å². The highest BCUT2D eigenvalue weighted by Crippen LogP contribution is 2.43. The quantitative estimate of drug-likeness (QED) is 0.615. The van der Waals surface area contributed by atoms with Crippen LogP contribution in [0.2, 0.25) is 0 Å². The highest BCUT2D eigenvalue weighted by molar-refractivity contribution is 6.03. The van der Waals surface area contributed by atoms with Crippen molar-refractivity contribution in [1.29, 1.82) is 0 Å². The average Bonchev–Trinajstić information content (AvgIpc) is 2.98. The largest absolute Gasteiger partial charge is 0.496 e. The molecule has 148 valence electrons. The molecule has 1 N–H and O–H groups in total. The van der Waals surface area contributed by atoms with Crippen LogP contribution < -0.4 is 4.74 Å². The normalized spacial score (nSPS) is 12.4. The minimum absolute atomic E-state index is 0.149. The number of aromatic nitrogens is 1. The zero-order valence-electron chi connectivity index (χ0n) is 17.8. The monoisotopic (exact) mass is 379 g/mol. The smallest absolute Gasteiger partial charge is 0.338 e. The molecule has 0 aliphatic heterocycles. The molecule has 0 saturated carbocycles. The number of fused-ring (bicyclic) bond motifs is 1. The summed E-state index contributed by atoms with van der Waals surface area (Å²) >= 11 is 0. The topological polar surface area (TPSA) is 50.9 Å². The van der Waals surface area contributed by atoms with E-state index in [-0.39, 0.29) is 10.8 Å². The molecule has 2 heterocycles. The first kappa shape index (κ1) is 20.0. The number of ether oxygens (including phenoxy) is 1. The number of pyridine rings is 1. The Labute approximate surface area is 166 Å². The number of methoxy groups -OCH3 is 1. The summed E-state index contributed by atoms with van der Waals surface area (Å²) in [5.41, 5.74) is 4.48. The number of aromatic carboxylic acids is 1. The van der Waals surface area contributed by atoms with Crippen LogP contribution in [0.5, 0.6) is 5.75 Å². The van der Waals surface area contributed by atoms with Crippen LogP contribution in [0.3, 0.4) is 0 Å². The lowest BCUT2D eigenvalue weighted by molar-refractivity contribution is 0.0700. The second-order valence-electron chi connectivity index (χ2n) is 9.32. The van der Waals surface area contributed by atoms with Crippen LogP contribution in [0.4, 0.5) is 0 Å². The minimum Gasteiger partial charge on any atom is -0.496 e. The van der Waals surface area contributed by atoms with E-state index in [9.17, 15) is 9.90 Å². The first-order chi connectivity index (χ1) is 12.9. The van der Waals surface area contributed by atoms with E-state index in [4.69, 9.17) is 4.74 Å². The van der Waals surface area contributed by atoms with E-state index >= 15 is 0 Å². The molecule has 0 amide bonds. The molecule has 0 unspecified atom stereocenters. The fraction of sp³-hybridized carbons (Fsp3) is 0.375. The molecule has 0 bridgehead atoms. The second-order valence-corrected chi connectivity index (χ2v) is 9.32. The third kappa shape index (κ3) is 3.39.